The van der Waals surface area contributed by atoms with Crippen molar-refractivity contribution >= 4 is 17.0 Å². The molecule has 1 N–H and O–H groups in total. The van der Waals surface area contributed by atoms with E-state index in [1.54, 1.807) is 11.3 Å². The zero-order chi connectivity index (χ0) is 13.8. The maximum atomic E-state index is 4.55. The van der Waals surface area contributed by atoms with Gasteiger partial charge >= 0.3 is 0 Å². The van der Waals surface area contributed by atoms with Crippen molar-refractivity contribution in [3.63, 3.8) is 0 Å². The molecule has 0 fully saturated rings. The highest BCUT2D eigenvalue weighted by atomic mass is 32.1. The van der Waals surface area contributed by atoms with Crippen molar-refractivity contribution in [1.82, 2.24) is 4.98 Å². The molecule has 0 aliphatic heterocycles. The highest BCUT2D eigenvalue weighted by molar-refractivity contribution is 7.09. The van der Waals surface area contributed by atoms with Gasteiger partial charge in [-0.15, -0.1) is 11.3 Å². The Morgan fingerprint density at radius 1 is 1.32 bits per heavy atom. The first-order chi connectivity index (χ1) is 9.10. The quantitative estimate of drug-likeness (QED) is 0.833. The van der Waals surface area contributed by atoms with Crippen LogP contribution in [0.4, 0.5) is 5.69 Å². The van der Waals surface area contributed by atoms with Crippen molar-refractivity contribution in [2.24, 2.45) is 5.92 Å². The van der Waals surface area contributed by atoms with Crippen molar-refractivity contribution in [2.75, 3.05) is 5.32 Å². The molecule has 0 radical (unpaired) electrons. The van der Waals surface area contributed by atoms with E-state index in [9.17, 15) is 0 Å². The van der Waals surface area contributed by atoms with Crippen LogP contribution >= 0.6 is 11.3 Å². The van der Waals surface area contributed by atoms with E-state index in [2.05, 4.69) is 60.7 Å². The summed E-state index contributed by atoms with van der Waals surface area (Å²) in [6.45, 7) is 8.79. The first kappa shape index (κ1) is 14.1. The molecule has 2 aromatic rings. The van der Waals surface area contributed by atoms with E-state index in [0.29, 0.717) is 12.0 Å². The first-order valence-electron chi connectivity index (χ1n) is 6.89. The molecule has 102 valence electrons. The standard InChI is InChI=1S/C16H22N2S/c1-5-15(11(2)3)18-14-8-6-7-13(9-14)16-10-19-12(4)17-16/h6-11,15,18H,5H2,1-4H3. The third-order valence-electron chi connectivity index (χ3n) is 3.37. The molecule has 2 rings (SSSR count). The first-order valence-corrected chi connectivity index (χ1v) is 7.77. The van der Waals surface area contributed by atoms with Gasteiger partial charge in [0.15, 0.2) is 0 Å². The van der Waals surface area contributed by atoms with Crippen LogP contribution in [0.1, 0.15) is 32.2 Å². The minimum Gasteiger partial charge on any atom is -0.382 e. The second kappa shape index (κ2) is 6.20. The minimum atomic E-state index is 0.521. The van der Waals surface area contributed by atoms with Crippen LogP contribution in [0.2, 0.25) is 0 Å². The number of hydrogen-bond acceptors (Lipinski definition) is 3. The predicted molar refractivity (Wildman–Crippen MR) is 84.8 cm³/mol. The predicted octanol–water partition coefficient (Wildman–Crippen LogP) is 4.97. The molecule has 0 saturated carbocycles. The SMILES string of the molecule is CCC(Nc1cccc(-c2csc(C)n2)c1)C(C)C. The highest BCUT2D eigenvalue weighted by Crippen LogP contribution is 2.25. The summed E-state index contributed by atoms with van der Waals surface area (Å²) in [5, 5.41) is 6.85. The lowest BCUT2D eigenvalue weighted by Crippen LogP contribution is -2.24. The topological polar surface area (TPSA) is 24.9 Å². The summed E-state index contributed by atoms with van der Waals surface area (Å²) in [5.41, 5.74) is 3.44. The second-order valence-electron chi connectivity index (χ2n) is 5.24. The zero-order valence-electron chi connectivity index (χ0n) is 12.1. The normalized spacial score (nSPS) is 12.7. The molecule has 0 saturated heterocycles. The van der Waals surface area contributed by atoms with Crippen molar-refractivity contribution in [3.8, 4) is 11.3 Å². The average Bonchev–Trinajstić information content (AvgIpc) is 2.82. The molecule has 3 heteroatoms. The van der Waals surface area contributed by atoms with E-state index in [-0.39, 0.29) is 0 Å². The summed E-state index contributed by atoms with van der Waals surface area (Å²) in [6, 6.07) is 9.07. The van der Waals surface area contributed by atoms with Gasteiger partial charge in [0, 0.05) is 22.7 Å². The minimum absolute atomic E-state index is 0.521. The van der Waals surface area contributed by atoms with E-state index < -0.39 is 0 Å². The fourth-order valence-corrected chi connectivity index (χ4v) is 2.84. The van der Waals surface area contributed by atoms with Gasteiger partial charge in [-0.3, -0.25) is 0 Å². The lowest BCUT2D eigenvalue weighted by molar-refractivity contribution is 0.511. The number of aryl methyl sites for hydroxylation is 1. The van der Waals surface area contributed by atoms with Crippen LogP contribution in [0, 0.1) is 12.8 Å². The van der Waals surface area contributed by atoms with Crippen molar-refractivity contribution in [1.29, 1.82) is 0 Å². The fraction of sp³-hybridized carbons (Fsp3) is 0.438. The van der Waals surface area contributed by atoms with Crippen LogP contribution in [-0.4, -0.2) is 11.0 Å². The Balaban J connectivity index is 2.20. The molecular formula is C16H22N2S. The lowest BCUT2D eigenvalue weighted by Gasteiger charge is -2.22. The molecule has 1 heterocycles. The molecule has 1 aromatic carbocycles. The van der Waals surface area contributed by atoms with Gasteiger partial charge in [-0.1, -0.05) is 32.9 Å². The third-order valence-corrected chi connectivity index (χ3v) is 4.15. The van der Waals surface area contributed by atoms with Gasteiger partial charge < -0.3 is 5.32 Å². The summed E-state index contributed by atoms with van der Waals surface area (Å²) in [5.74, 6) is 0.634. The maximum absolute atomic E-state index is 4.55. The Hall–Kier alpha value is -1.35. The number of anilines is 1. The largest absolute Gasteiger partial charge is 0.382 e. The van der Waals surface area contributed by atoms with Crippen LogP contribution in [0.15, 0.2) is 29.6 Å². The molecule has 1 aromatic heterocycles. The van der Waals surface area contributed by atoms with E-state index in [1.807, 2.05) is 6.92 Å². The number of rotatable bonds is 5. The van der Waals surface area contributed by atoms with E-state index >= 15 is 0 Å². The summed E-state index contributed by atoms with van der Waals surface area (Å²) >= 11 is 1.70. The molecule has 0 aliphatic rings. The van der Waals surface area contributed by atoms with Crippen LogP contribution in [0.5, 0.6) is 0 Å². The molecule has 1 unspecified atom stereocenters. The molecule has 1 atom stereocenters. The van der Waals surface area contributed by atoms with Crippen molar-refractivity contribution in [2.45, 2.75) is 40.2 Å². The Morgan fingerprint density at radius 2 is 2.11 bits per heavy atom. The smallest absolute Gasteiger partial charge is 0.0901 e. The number of nitrogens with zero attached hydrogens (tertiary/aromatic N) is 1. The van der Waals surface area contributed by atoms with Crippen molar-refractivity contribution < 1.29 is 0 Å². The summed E-state index contributed by atoms with van der Waals surface area (Å²) in [6.07, 6.45) is 1.14. The average molecular weight is 274 g/mol. The highest BCUT2D eigenvalue weighted by Gasteiger charge is 2.11. The lowest BCUT2D eigenvalue weighted by atomic mass is 10.0. The number of hydrogen-bond donors (Lipinski definition) is 1. The number of benzene rings is 1. The zero-order valence-corrected chi connectivity index (χ0v) is 12.9. The molecule has 0 bridgehead atoms. The molecule has 0 spiro atoms. The number of nitrogens with one attached hydrogen (secondary N) is 1. The molecule has 0 amide bonds. The molecular weight excluding hydrogens is 252 g/mol. The number of aromatic nitrogens is 1. The Morgan fingerprint density at radius 3 is 2.68 bits per heavy atom. The van der Waals surface area contributed by atoms with Crippen LogP contribution in [-0.2, 0) is 0 Å². The summed E-state index contributed by atoms with van der Waals surface area (Å²) in [7, 11) is 0. The van der Waals surface area contributed by atoms with Gasteiger partial charge in [-0.2, -0.15) is 0 Å². The Labute approximate surface area is 119 Å². The van der Waals surface area contributed by atoms with Gasteiger partial charge in [0.2, 0.25) is 0 Å². The number of thiazole rings is 1. The molecule has 0 aliphatic carbocycles. The van der Waals surface area contributed by atoms with Crippen LogP contribution in [0.25, 0.3) is 11.3 Å². The third kappa shape index (κ3) is 3.57. The van der Waals surface area contributed by atoms with Gasteiger partial charge in [0.1, 0.15) is 0 Å². The summed E-state index contributed by atoms with van der Waals surface area (Å²) in [4.78, 5) is 4.55. The fourth-order valence-electron chi connectivity index (χ4n) is 2.22. The molecule has 2 nitrogen and oxygen atoms in total. The molecule has 19 heavy (non-hydrogen) atoms. The monoisotopic (exact) mass is 274 g/mol. The Kier molecular flexibility index (Phi) is 4.59. The van der Waals surface area contributed by atoms with Gasteiger partial charge in [0.05, 0.1) is 10.7 Å². The van der Waals surface area contributed by atoms with Gasteiger partial charge in [-0.05, 0) is 31.4 Å². The second-order valence-corrected chi connectivity index (χ2v) is 6.30. The van der Waals surface area contributed by atoms with E-state index in [0.717, 1.165) is 17.1 Å². The van der Waals surface area contributed by atoms with E-state index in [1.165, 1.54) is 11.3 Å². The van der Waals surface area contributed by atoms with Crippen LogP contribution in [0.3, 0.4) is 0 Å². The van der Waals surface area contributed by atoms with Gasteiger partial charge in [0.25, 0.3) is 0 Å². The van der Waals surface area contributed by atoms with E-state index in [4.69, 9.17) is 0 Å². The summed E-state index contributed by atoms with van der Waals surface area (Å²) < 4.78 is 0. The van der Waals surface area contributed by atoms with Crippen LogP contribution < -0.4 is 5.32 Å². The van der Waals surface area contributed by atoms with Crippen molar-refractivity contribution in [3.05, 3.63) is 34.7 Å². The maximum Gasteiger partial charge on any atom is 0.0901 e. The van der Waals surface area contributed by atoms with Gasteiger partial charge in [-0.25, -0.2) is 4.98 Å². The Bertz CT molecular complexity index is 531.